The van der Waals surface area contributed by atoms with Crippen LogP contribution >= 0.6 is 0 Å². The van der Waals surface area contributed by atoms with E-state index in [1.54, 1.807) is 0 Å². The highest BCUT2D eigenvalue weighted by Crippen LogP contribution is 2.30. The summed E-state index contributed by atoms with van der Waals surface area (Å²) < 4.78 is 52.7. The zero-order valence-corrected chi connectivity index (χ0v) is 15.9. The van der Waals surface area contributed by atoms with Gasteiger partial charge in [-0.1, -0.05) is 0 Å². The maximum atomic E-state index is 13.2. The predicted octanol–water partition coefficient (Wildman–Crippen LogP) is 3.18. The number of tetrazole rings is 1. The molecule has 0 saturated carbocycles. The maximum absolute atomic E-state index is 13.2. The number of urea groups is 1. The fourth-order valence-corrected chi connectivity index (χ4v) is 3.25. The summed E-state index contributed by atoms with van der Waals surface area (Å²) in [5, 5.41) is 11.0. The van der Waals surface area contributed by atoms with E-state index in [1.807, 2.05) is 0 Å². The van der Waals surface area contributed by atoms with Gasteiger partial charge in [0, 0.05) is 5.69 Å². The first-order valence-electron chi connectivity index (χ1n) is 9.02. The quantitative estimate of drug-likeness (QED) is 0.465. The third kappa shape index (κ3) is 3.71. The smallest absolute Gasteiger partial charge is 0.282 e. The lowest BCUT2D eigenvalue weighted by Crippen LogP contribution is -2.34. The van der Waals surface area contributed by atoms with Crippen LogP contribution in [0.5, 0.6) is 0 Å². The van der Waals surface area contributed by atoms with Crippen LogP contribution in [0.25, 0.3) is 5.69 Å². The Kier molecular flexibility index (Phi) is 4.91. The summed E-state index contributed by atoms with van der Waals surface area (Å²) in [7, 11) is 0. The van der Waals surface area contributed by atoms with E-state index < -0.39 is 35.5 Å². The second-order valence-electron chi connectivity index (χ2n) is 6.78. The number of anilines is 1. The summed E-state index contributed by atoms with van der Waals surface area (Å²) >= 11 is 0. The summed E-state index contributed by atoms with van der Waals surface area (Å²) in [5.41, 5.74) is -0.257. The molecule has 12 heteroatoms. The van der Waals surface area contributed by atoms with E-state index in [-0.39, 0.29) is 18.1 Å². The van der Waals surface area contributed by atoms with Crippen LogP contribution in [-0.4, -0.2) is 43.1 Å². The van der Waals surface area contributed by atoms with Crippen LogP contribution in [0.3, 0.4) is 0 Å². The summed E-state index contributed by atoms with van der Waals surface area (Å²) in [5.74, 6) is -0.923. The Morgan fingerprint density at radius 3 is 2.19 bits per heavy atom. The number of hydrogen-bond donors (Lipinski definition) is 0. The molecule has 1 aromatic heterocycles. The largest absolute Gasteiger partial charge is 0.416 e. The number of hydrogen-bond acceptors (Lipinski definition) is 5. The minimum atomic E-state index is -4.49. The summed E-state index contributed by atoms with van der Waals surface area (Å²) in [6, 6.07) is 7.75. The number of amides is 3. The molecule has 1 fully saturated rings. The average molecular weight is 434 g/mol. The molecule has 0 N–H and O–H groups in total. The van der Waals surface area contributed by atoms with Crippen LogP contribution < -0.4 is 4.90 Å². The number of carbonyl (C=O) groups excluding carboxylic acids is 2. The lowest BCUT2D eigenvalue weighted by atomic mass is 10.2. The minimum Gasteiger partial charge on any atom is -0.282 e. The molecule has 0 bridgehead atoms. The highest BCUT2D eigenvalue weighted by atomic mass is 19.4. The van der Waals surface area contributed by atoms with Gasteiger partial charge < -0.3 is 0 Å². The lowest BCUT2D eigenvalue weighted by molar-refractivity contribution is -0.137. The van der Waals surface area contributed by atoms with Crippen molar-refractivity contribution in [3.05, 3.63) is 65.7 Å². The Labute approximate surface area is 172 Å². The zero-order valence-electron chi connectivity index (χ0n) is 15.9. The third-order valence-corrected chi connectivity index (χ3v) is 4.83. The topological polar surface area (TPSA) is 84.2 Å². The number of aromatic nitrogens is 4. The van der Waals surface area contributed by atoms with Crippen LogP contribution in [-0.2, 0) is 17.5 Å². The van der Waals surface area contributed by atoms with Gasteiger partial charge in [0.15, 0.2) is 5.82 Å². The summed E-state index contributed by atoms with van der Waals surface area (Å²) in [6.07, 6.45) is -4.49. The van der Waals surface area contributed by atoms with Crippen LogP contribution in [0.1, 0.15) is 18.3 Å². The van der Waals surface area contributed by atoms with Gasteiger partial charge in [-0.3, -0.25) is 14.6 Å². The number of rotatable bonds is 4. The van der Waals surface area contributed by atoms with Gasteiger partial charge in [0.25, 0.3) is 5.91 Å². The van der Waals surface area contributed by atoms with Crippen molar-refractivity contribution < 1.29 is 27.2 Å². The maximum Gasteiger partial charge on any atom is 0.416 e. The molecule has 8 nitrogen and oxygen atoms in total. The fraction of sp³-hybridized carbons (Fsp3) is 0.211. The van der Waals surface area contributed by atoms with Gasteiger partial charge in [-0.25, -0.2) is 9.18 Å². The molecule has 0 radical (unpaired) electrons. The SMILES string of the molecule is CC1C(=O)N(Cc2nnnn2-c2ccc(C(F)(F)F)cc2)C(=O)N1c1ccc(F)cc1. The average Bonchev–Trinajstić information content (AvgIpc) is 3.27. The number of imide groups is 1. The molecular weight excluding hydrogens is 420 g/mol. The van der Waals surface area contributed by atoms with Gasteiger partial charge in [-0.05, 0) is 65.9 Å². The molecule has 0 aliphatic carbocycles. The van der Waals surface area contributed by atoms with Crippen molar-refractivity contribution in [1.29, 1.82) is 0 Å². The van der Waals surface area contributed by atoms with Crippen LogP contribution in [0.4, 0.5) is 28.0 Å². The van der Waals surface area contributed by atoms with E-state index in [0.717, 1.165) is 21.7 Å². The Bertz CT molecular complexity index is 1130. The zero-order chi connectivity index (χ0) is 22.3. The summed E-state index contributed by atoms with van der Waals surface area (Å²) in [6.45, 7) is 1.23. The Balaban J connectivity index is 1.59. The number of halogens is 4. The fourth-order valence-electron chi connectivity index (χ4n) is 3.25. The van der Waals surface area contributed by atoms with Crippen LogP contribution in [0, 0.1) is 5.82 Å². The molecule has 1 aliphatic rings. The monoisotopic (exact) mass is 434 g/mol. The Morgan fingerprint density at radius 2 is 1.58 bits per heavy atom. The molecule has 1 unspecified atom stereocenters. The van der Waals surface area contributed by atoms with Gasteiger partial charge in [0.1, 0.15) is 11.9 Å². The lowest BCUT2D eigenvalue weighted by Gasteiger charge is -2.19. The molecule has 3 amide bonds. The van der Waals surface area contributed by atoms with E-state index in [4.69, 9.17) is 0 Å². The molecule has 160 valence electrons. The van der Waals surface area contributed by atoms with Gasteiger partial charge >= 0.3 is 12.2 Å². The van der Waals surface area contributed by atoms with E-state index in [1.165, 1.54) is 48.2 Å². The van der Waals surface area contributed by atoms with Crippen LogP contribution in [0.2, 0.25) is 0 Å². The molecule has 3 aromatic rings. The highest BCUT2D eigenvalue weighted by molar-refractivity contribution is 6.13. The second kappa shape index (κ2) is 7.45. The highest BCUT2D eigenvalue weighted by Gasteiger charge is 2.44. The predicted molar refractivity (Wildman–Crippen MR) is 98.4 cm³/mol. The first-order valence-corrected chi connectivity index (χ1v) is 9.02. The Morgan fingerprint density at radius 1 is 0.968 bits per heavy atom. The van der Waals surface area contributed by atoms with Crippen molar-refractivity contribution in [2.45, 2.75) is 25.7 Å². The molecular formula is C19H14F4N6O2. The van der Waals surface area contributed by atoms with Gasteiger partial charge in [0.2, 0.25) is 0 Å². The van der Waals surface area contributed by atoms with Crippen molar-refractivity contribution in [3.8, 4) is 5.69 Å². The van der Waals surface area contributed by atoms with Crippen molar-refractivity contribution in [2.24, 2.45) is 0 Å². The first kappa shape index (κ1) is 20.4. The van der Waals surface area contributed by atoms with Gasteiger partial charge in [0.05, 0.1) is 17.8 Å². The van der Waals surface area contributed by atoms with E-state index in [2.05, 4.69) is 15.5 Å². The van der Waals surface area contributed by atoms with Crippen molar-refractivity contribution in [2.75, 3.05) is 4.90 Å². The van der Waals surface area contributed by atoms with Crippen molar-refractivity contribution >= 4 is 17.6 Å². The molecule has 2 heterocycles. The second-order valence-corrected chi connectivity index (χ2v) is 6.78. The van der Waals surface area contributed by atoms with Crippen LogP contribution in [0.15, 0.2) is 48.5 Å². The molecule has 31 heavy (non-hydrogen) atoms. The van der Waals surface area contributed by atoms with Gasteiger partial charge in [-0.15, -0.1) is 5.10 Å². The number of alkyl halides is 3. The molecule has 2 aromatic carbocycles. The van der Waals surface area contributed by atoms with E-state index in [9.17, 15) is 27.2 Å². The molecule has 1 atom stereocenters. The summed E-state index contributed by atoms with van der Waals surface area (Å²) in [4.78, 5) is 27.7. The molecule has 0 spiro atoms. The van der Waals surface area contributed by atoms with Crippen molar-refractivity contribution in [3.63, 3.8) is 0 Å². The van der Waals surface area contributed by atoms with Crippen molar-refractivity contribution in [1.82, 2.24) is 25.1 Å². The van der Waals surface area contributed by atoms with E-state index in [0.29, 0.717) is 5.69 Å². The number of nitrogens with zero attached hydrogens (tertiary/aromatic N) is 6. The Hall–Kier alpha value is -3.83. The molecule has 4 rings (SSSR count). The minimum absolute atomic E-state index is 0.0783. The van der Waals surface area contributed by atoms with Gasteiger partial charge in [-0.2, -0.15) is 17.9 Å². The molecule has 1 aliphatic heterocycles. The number of carbonyl (C=O) groups is 2. The molecule has 1 saturated heterocycles. The van der Waals surface area contributed by atoms with E-state index >= 15 is 0 Å². The first-order chi connectivity index (χ1) is 14.7. The normalized spacial score (nSPS) is 17.0. The third-order valence-electron chi connectivity index (χ3n) is 4.83. The number of benzene rings is 2. The standard InChI is InChI=1S/C19H14F4N6O2/c1-11-17(30)27(18(31)28(11)14-8-4-13(20)5-9-14)10-16-24-25-26-29(16)15-6-2-12(3-7-15)19(21,22)23/h2-9,11H,10H2,1H3.